The van der Waals surface area contributed by atoms with Crippen LogP contribution in [0.15, 0.2) is 83.9 Å². The van der Waals surface area contributed by atoms with Crippen molar-refractivity contribution in [1.82, 2.24) is 9.29 Å². The van der Waals surface area contributed by atoms with E-state index in [2.05, 4.69) is 5.32 Å². The van der Waals surface area contributed by atoms with Gasteiger partial charge in [-0.15, -0.1) is 0 Å². The van der Waals surface area contributed by atoms with Crippen molar-refractivity contribution in [3.8, 4) is 5.75 Å². The third kappa shape index (κ3) is 6.11. The van der Waals surface area contributed by atoms with Crippen molar-refractivity contribution in [3.63, 3.8) is 0 Å². The van der Waals surface area contributed by atoms with Gasteiger partial charge in [-0.1, -0.05) is 30.3 Å². The van der Waals surface area contributed by atoms with Crippen LogP contribution < -0.4 is 10.1 Å². The minimum atomic E-state index is -4.25. The van der Waals surface area contributed by atoms with E-state index < -0.39 is 34.8 Å². The van der Waals surface area contributed by atoms with Gasteiger partial charge < -0.3 is 10.1 Å². The second kappa shape index (κ2) is 10.9. The Morgan fingerprint density at radius 2 is 1.73 bits per heavy atom. The zero-order valence-corrected chi connectivity index (χ0v) is 20.2. The smallest absolute Gasteiger partial charge is 0.340 e. The van der Waals surface area contributed by atoms with Crippen LogP contribution in [-0.2, 0) is 23.0 Å². The van der Waals surface area contributed by atoms with Crippen LogP contribution in [0.2, 0.25) is 0 Å². The predicted octanol–water partition coefficient (Wildman–Crippen LogP) is 5.63. The molecule has 0 aliphatic rings. The molecule has 196 valence electrons. The van der Waals surface area contributed by atoms with Gasteiger partial charge in [0.25, 0.3) is 10.0 Å². The van der Waals surface area contributed by atoms with Gasteiger partial charge in [-0.2, -0.15) is 8.78 Å². The first kappa shape index (κ1) is 26.6. The first-order chi connectivity index (χ1) is 17.6. The van der Waals surface area contributed by atoms with Gasteiger partial charge in [-0.3, -0.25) is 0 Å². The molecule has 1 N–H and O–H groups in total. The molecule has 3 aromatic carbocycles. The number of hydrogen-bond acceptors (Lipinski definition) is 4. The first-order valence-electron chi connectivity index (χ1n) is 11.3. The van der Waals surface area contributed by atoms with E-state index in [1.807, 2.05) is 0 Å². The minimum Gasteiger partial charge on any atom is -0.487 e. The number of alkyl halides is 4. The Labute approximate surface area is 210 Å². The number of aromatic nitrogens is 1. The van der Waals surface area contributed by atoms with E-state index in [4.69, 9.17) is 4.74 Å². The first-order valence-corrected chi connectivity index (χ1v) is 12.7. The van der Waals surface area contributed by atoms with Crippen LogP contribution in [-0.4, -0.2) is 37.9 Å². The van der Waals surface area contributed by atoms with Crippen molar-refractivity contribution < 1.29 is 35.1 Å². The summed E-state index contributed by atoms with van der Waals surface area (Å²) >= 11 is 0. The lowest BCUT2D eigenvalue weighted by atomic mass is 10.1. The average Bonchev–Trinajstić information content (AvgIpc) is 3.24. The van der Waals surface area contributed by atoms with Crippen LogP contribution in [0.5, 0.6) is 5.75 Å². The Morgan fingerprint density at radius 3 is 2.46 bits per heavy atom. The molecule has 0 aliphatic carbocycles. The minimum absolute atomic E-state index is 0.0378. The number of halogens is 5. The monoisotopic (exact) mass is 538 g/mol. The maximum absolute atomic E-state index is 14.0. The summed E-state index contributed by atoms with van der Waals surface area (Å²) in [6.45, 7) is -0.702. The lowest BCUT2D eigenvalue weighted by Crippen LogP contribution is -2.33. The summed E-state index contributed by atoms with van der Waals surface area (Å²) in [4.78, 5) is 0.0780. The molecule has 5 nitrogen and oxygen atoms in total. The zero-order chi connectivity index (χ0) is 26.6. The molecule has 0 aliphatic heterocycles. The lowest BCUT2D eigenvalue weighted by molar-refractivity contribution is -0.148. The van der Waals surface area contributed by atoms with Gasteiger partial charge in [0.15, 0.2) is 6.61 Å². The maximum atomic E-state index is 14.0. The Hall–Kier alpha value is -3.44. The fraction of sp³-hybridized carbons (Fsp3) is 0.231. The molecule has 0 atom stereocenters. The van der Waals surface area contributed by atoms with Gasteiger partial charge in [0, 0.05) is 18.1 Å². The van der Waals surface area contributed by atoms with Gasteiger partial charge in [-0.05, 0) is 66.6 Å². The maximum Gasteiger partial charge on any atom is 0.340 e. The molecule has 0 fully saturated rings. The van der Waals surface area contributed by atoms with E-state index >= 15 is 0 Å². The normalized spacial score (nSPS) is 12.4. The fourth-order valence-corrected chi connectivity index (χ4v) is 5.19. The van der Waals surface area contributed by atoms with Gasteiger partial charge in [0.1, 0.15) is 11.6 Å². The van der Waals surface area contributed by atoms with Crippen LogP contribution in [0, 0.1) is 5.82 Å². The Bertz CT molecular complexity index is 1470. The lowest BCUT2D eigenvalue weighted by Gasteiger charge is -2.16. The second-order valence-corrected chi connectivity index (χ2v) is 10.2. The van der Waals surface area contributed by atoms with Crippen LogP contribution in [0.4, 0.5) is 22.0 Å². The zero-order valence-electron chi connectivity index (χ0n) is 19.4. The number of rotatable bonds is 11. The number of fused-ring (bicyclic) bond motifs is 1. The fourth-order valence-electron chi connectivity index (χ4n) is 3.79. The van der Waals surface area contributed by atoms with E-state index in [-0.39, 0.29) is 16.2 Å². The molecule has 1 aromatic heterocycles. The Morgan fingerprint density at radius 1 is 0.973 bits per heavy atom. The SMILES string of the molecule is O=S(=O)(c1ccccc1)n1cc(CCNCc2cccc(OCC(F)(F)C(F)F)c2)c2ccc(F)cc21. The van der Waals surface area contributed by atoms with E-state index in [1.54, 1.807) is 30.3 Å². The highest BCUT2D eigenvalue weighted by atomic mass is 32.2. The van der Waals surface area contributed by atoms with Crippen molar-refractivity contribution in [3.05, 3.63) is 95.9 Å². The largest absolute Gasteiger partial charge is 0.487 e. The highest BCUT2D eigenvalue weighted by molar-refractivity contribution is 7.90. The molecule has 1 heterocycles. The summed E-state index contributed by atoms with van der Waals surface area (Å²) in [5.74, 6) is -4.77. The molecule has 4 aromatic rings. The number of benzene rings is 3. The van der Waals surface area contributed by atoms with E-state index in [9.17, 15) is 30.4 Å². The predicted molar refractivity (Wildman–Crippen MR) is 129 cm³/mol. The highest BCUT2D eigenvalue weighted by Crippen LogP contribution is 2.28. The van der Waals surface area contributed by atoms with Gasteiger partial charge in [-0.25, -0.2) is 25.6 Å². The van der Waals surface area contributed by atoms with E-state index in [1.165, 1.54) is 48.7 Å². The molecule has 37 heavy (non-hydrogen) atoms. The molecule has 0 unspecified atom stereocenters. The van der Waals surface area contributed by atoms with Crippen molar-refractivity contribution >= 4 is 20.9 Å². The molecule has 0 spiro atoms. The Balaban J connectivity index is 1.44. The number of ether oxygens (including phenoxy) is 1. The molecule has 4 rings (SSSR count). The molecule has 0 saturated heterocycles. The third-order valence-electron chi connectivity index (χ3n) is 5.67. The third-order valence-corrected chi connectivity index (χ3v) is 7.35. The molecular formula is C26H23F5N2O3S. The quantitative estimate of drug-likeness (QED) is 0.199. The molecular weight excluding hydrogens is 515 g/mol. The highest BCUT2D eigenvalue weighted by Gasteiger charge is 2.41. The molecule has 0 bridgehead atoms. The van der Waals surface area contributed by atoms with E-state index in [0.717, 1.165) is 3.97 Å². The molecule has 0 saturated carbocycles. The molecule has 0 radical (unpaired) electrons. The summed E-state index contributed by atoms with van der Waals surface area (Å²) in [7, 11) is -3.95. The average molecular weight is 539 g/mol. The summed E-state index contributed by atoms with van der Waals surface area (Å²) in [6, 6.07) is 18.0. The summed E-state index contributed by atoms with van der Waals surface area (Å²) in [5.41, 5.74) is 1.59. The van der Waals surface area contributed by atoms with Gasteiger partial charge >= 0.3 is 12.3 Å². The van der Waals surface area contributed by atoms with Crippen molar-refractivity contribution in [2.75, 3.05) is 13.2 Å². The topological polar surface area (TPSA) is 60.3 Å². The van der Waals surface area contributed by atoms with Gasteiger partial charge in [0.05, 0.1) is 10.4 Å². The number of hydrogen-bond donors (Lipinski definition) is 1. The standard InChI is InChI=1S/C26H23F5N2O3S/c27-20-9-10-23-19(16-33(24(23)14-20)37(34,35)22-7-2-1-3-8-22)11-12-32-15-18-5-4-6-21(13-18)36-17-26(30,31)25(28)29/h1-10,13-14,16,25,32H,11-12,15,17H2. The summed E-state index contributed by atoms with van der Waals surface area (Å²) < 4.78 is 97.1. The number of nitrogens with one attached hydrogen (secondary N) is 1. The van der Waals surface area contributed by atoms with Gasteiger partial charge in [0.2, 0.25) is 0 Å². The number of nitrogens with zero attached hydrogens (tertiary/aromatic N) is 1. The summed E-state index contributed by atoms with van der Waals surface area (Å²) in [6.07, 6.45) is -1.93. The summed E-state index contributed by atoms with van der Waals surface area (Å²) in [5, 5.41) is 3.76. The van der Waals surface area contributed by atoms with Crippen LogP contribution in [0.3, 0.4) is 0 Å². The molecule has 11 heteroatoms. The van der Waals surface area contributed by atoms with Crippen molar-refractivity contribution in [1.29, 1.82) is 0 Å². The van der Waals surface area contributed by atoms with E-state index in [0.29, 0.717) is 36.0 Å². The van der Waals surface area contributed by atoms with Crippen molar-refractivity contribution in [2.24, 2.45) is 0 Å². The Kier molecular flexibility index (Phi) is 7.84. The van der Waals surface area contributed by atoms with Crippen LogP contribution in [0.25, 0.3) is 10.9 Å². The van der Waals surface area contributed by atoms with Crippen molar-refractivity contribution in [2.45, 2.75) is 30.2 Å². The van der Waals surface area contributed by atoms with Crippen LogP contribution in [0.1, 0.15) is 11.1 Å². The second-order valence-electron chi connectivity index (χ2n) is 8.35. The molecule has 0 amide bonds. The van der Waals surface area contributed by atoms with Crippen LogP contribution >= 0.6 is 0 Å².